The monoisotopic (exact) mass is 432 g/mol. The first kappa shape index (κ1) is 22.4. The standard InChI is InChI=1S/2C13H9FO2/c2*14-11-7-4-8-12(9-11)16-13(15)10-5-2-1-3-6-10/h2*1-9H. The van der Waals surface area contributed by atoms with Gasteiger partial charge in [0.25, 0.3) is 0 Å². The van der Waals surface area contributed by atoms with Crippen molar-refractivity contribution in [2.24, 2.45) is 0 Å². The molecule has 0 spiro atoms. The Hall–Kier alpha value is -4.32. The van der Waals surface area contributed by atoms with Crippen LogP contribution in [0.3, 0.4) is 0 Å². The fourth-order valence-corrected chi connectivity index (χ4v) is 2.54. The Labute approximate surface area is 183 Å². The molecule has 0 aliphatic rings. The first-order valence-electron chi connectivity index (χ1n) is 9.57. The molecule has 0 aromatic heterocycles. The highest BCUT2D eigenvalue weighted by molar-refractivity contribution is 5.91. The Bertz CT molecular complexity index is 1080. The molecule has 4 aromatic carbocycles. The van der Waals surface area contributed by atoms with Crippen LogP contribution in [-0.2, 0) is 0 Å². The Kier molecular flexibility index (Phi) is 7.81. The maximum atomic E-state index is 12.8. The first-order valence-corrected chi connectivity index (χ1v) is 9.57. The van der Waals surface area contributed by atoms with Crippen LogP contribution in [0.15, 0.2) is 109 Å². The van der Waals surface area contributed by atoms with Gasteiger partial charge in [-0.25, -0.2) is 18.4 Å². The van der Waals surface area contributed by atoms with Crippen molar-refractivity contribution >= 4 is 11.9 Å². The minimum atomic E-state index is -0.494. The van der Waals surface area contributed by atoms with E-state index in [4.69, 9.17) is 9.47 Å². The quantitative estimate of drug-likeness (QED) is 0.289. The van der Waals surface area contributed by atoms with Crippen molar-refractivity contribution in [3.8, 4) is 11.5 Å². The number of hydrogen-bond acceptors (Lipinski definition) is 4. The van der Waals surface area contributed by atoms with E-state index >= 15 is 0 Å². The van der Waals surface area contributed by atoms with E-state index in [1.165, 1.54) is 48.5 Å². The van der Waals surface area contributed by atoms with E-state index < -0.39 is 23.6 Å². The van der Waals surface area contributed by atoms with Gasteiger partial charge in [-0.3, -0.25) is 0 Å². The Morgan fingerprint density at radius 1 is 0.500 bits per heavy atom. The van der Waals surface area contributed by atoms with Gasteiger partial charge in [-0.15, -0.1) is 0 Å². The number of carbonyl (C=O) groups excluding carboxylic acids is 2. The van der Waals surface area contributed by atoms with E-state index in [0.717, 1.165) is 0 Å². The van der Waals surface area contributed by atoms with Gasteiger partial charge in [0.15, 0.2) is 0 Å². The minimum Gasteiger partial charge on any atom is -0.423 e. The van der Waals surface area contributed by atoms with Gasteiger partial charge in [-0.1, -0.05) is 48.5 Å². The smallest absolute Gasteiger partial charge is 0.343 e. The topological polar surface area (TPSA) is 52.6 Å². The second-order valence-electron chi connectivity index (χ2n) is 6.43. The molecule has 0 aliphatic heterocycles. The van der Waals surface area contributed by atoms with Gasteiger partial charge >= 0.3 is 11.9 Å². The van der Waals surface area contributed by atoms with E-state index in [0.29, 0.717) is 11.1 Å². The molecule has 0 aliphatic carbocycles. The average Bonchev–Trinajstić information content (AvgIpc) is 2.81. The van der Waals surface area contributed by atoms with Gasteiger partial charge in [0.1, 0.15) is 23.1 Å². The van der Waals surface area contributed by atoms with Gasteiger partial charge in [0, 0.05) is 12.1 Å². The largest absolute Gasteiger partial charge is 0.423 e. The van der Waals surface area contributed by atoms with Gasteiger partial charge in [0.05, 0.1) is 11.1 Å². The number of hydrogen-bond donors (Lipinski definition) is 0. The number of carbonyl (C=O) groups is 2. The maximum absolute atomic E-state index is 12.8. The third kappa shape index (κ3) is 6.88. The summed E-state index contributed by atoms with van der Waals surface area (Å²) in [5.74, 6) is -1.45. The summed E-state index contributed by atoms with van der Waals surface area (Å²) in [5, 5.41) is 0. The van der Waals surface area contributed by atoms with E-state index in [2.05, 4.69) is 0 Å². The summed E-state index contributed by atoms with van der Waals surface area (Å²) in [5.41, 5.74) is 0.874. The predicted molar refractivity (Wildman–Crippen MR) is 116 cm³/mol. The normalized spacial score (nSPS) is 9.81. The molecule has 0 atom stereocenters. The molecule has 0 heterocycles. The Morgan fingerprint density at radius 3 is 1.22 bits per heavy atom. The summed E-state index contributed by atoms with van der Waals surface area (Å²) in [7, 11) is 0. The van der Waals surface area contributed by atoms with Crippen molar-refractivity contribution in [2.45, 2.75) is 0 Å². The Balaban J connectivity index is 0.000000181. The number of halogens is 2. The molecule has 0 radical (unpaired) electrons. The highest BCUT2D eigenvalue weighted by Gasteiger charge is 2.08. The highest BCUT2D eigenvalue weighted by Crippen LogP contribution is 2.15. The fraction of sp³-hybridized carbons (Fsp3) is 0. The molecule has 6 heteroatoms. The highest BCUT2D eigenvalue weighted by atomic mass is 19.1. The van der Waals surface area contributed by atoms with Crippen LogP contribution < -0.4 is 9.47 Å². The number of rotatable bonds is 4. The number of benzene rings is 4. The van der Waals surface area contributed by atoms with Gasteiger partial charge in [-0.2, -0.15) is 0 Å². The van der Waals surface area contributed by atoms with Crippen molar-refractivity contribution in [3.05, 3.63) is 132 Å². The van der Waals surface area contributed by atoms with Crippen molar-refractivity contribution in [1.82, 2.24) is 0 Å². The summed E-state index contributed by atoms with van der Waals surface area (Å²) in [6.45, 7) is 0. The molecule has 32 heavy (non-hydrogen) atoms. The molecule has 0 bridgehead atoms. The summed E-state index contributed by atoms with van der Waals surface area (Å²) < 4.78 is 35.7. The van der Waals surface area contributed by atoms with Crippen LogP contribution in [0, 0.1) is 11.6 Å². The zero-order chi connectivity index (χ0) is 22.8. The van der Waals surface area contributed by atoms with Crippen LogP contribution in [0.1, 0.15) is 20.7 Å². The van der Waals surface area contributed by atoms with Crippen LogP contribution in [-0.4, -0.2) is 11.9 Å². The predicted octanol–water partition coefficient (Wildman–Crippen LogP) is 6.09. The first-order chi connectivity index (χ1) is 15.5. The van der Waals surface area contributed by atoms with E-state index in [-0.39, 0.29) is 11.5 Å². The van der Waals surface area contributed by atoms with E-state index in [9.17, 15) is 18.4 Å². The van der Waals surface area contributed by atoms with Crippen LogP contribution in [0.4, 0.5) is 8.78 Å². The third-order valence-electron chi connectivity index (χ3n) is 4.03. The average molecular weight is 432 g/mol. The van der Waals surface area contributed by atoms with Crippen LogP contribution in [0.2, 0.25) is 0 Å². The van der Waals surface area contributed by atoms with Crippen molar-refractivity contribution in [3.63, 3.8) is 0 Å². The lowest BCUT2D eigenvalue weighted by Crippen LogP contribution is -2.08. The second-order valence-corrected chi connectivity index (χ2v) is 6.43. The molecule has 4 nitrogen and oxygen atoms in total. The molecular weight excluding hydrogens is 414 g/mol. The third-order valence-corrected chi connectivity index (χ3v) is 4.03. The van der Waals surface area contributed by atoms with Crippen LogP contribution in [0.5, 0.6) is 11.5 Å². The molecule has 0 fully saturated rings. The Morgan fingerprint density at radius 2 is 0.875 bits per heavy atom. The van der Waals surface area contributed by atoms with E-state index in [1.54, 1.807) is 60.7 Å². The van der Waals surface area contributed by atoms with Crippen LogP contribution >= 0.6 is 0 Å². The van der Waals surface area contributed by atoms with Crippen molar-refractivity contribution in [2.75, 3.05) is 0 Å². The van der Waals surface area contributed by atoms with Crippen molar-refractivity contribution in [1.29, 1.82) is 0 Å². The molecule has 0 unspecified atom stereocenters. The SMILES string of the molecule is O=C(Oc1cccc(F)c1)c1ccccc1.O=C(Oc1cccc(F)c1)c1ccccc1. The molecule has 4 rings (SSSR count). The molecular formula is C26H18F2O4. The molecule has 160 valence electrons. The van der Waals surface area contributed by atoms with E-state index in [1.807, 2.05) is 0 Å². The number of ether oxygens (including phenoxy) is 2. The lowest BCUT2D eigenvalue weighted by atomic mass is 10.2. The number of esters is 2. The lowest BCUT2D eigenvalue weighted by Gasteiger charge is -2.03. The summed E-state index contributed by atoms with van der Waals surface area (Å²) in [4.78, 5) is 23.2. The molecule has 0 amide bonds. The van der Waals surface area contributed by atoms with Gasteiger partial charge in [0.2, 0.25) is 0 Å². The molecule has 0 N–H and O–H groups in total. The molecule has 0 saturated carbocycles. The maximum Gasteiger partial charge on any atom is 0.343 e. The van der Waals surface area contributed by atoms with Gasteiger partial charge in [-0.05, 0) is 48.5 Å². The minimum absolute atomic E-state index is 0.203. The fourth-order valence-electron chi connectivity index (χ4n) is 2.54. The zero-order valence-electron chi connectivity index (χ0n) is 16.8. The second kappa shape index (κ2) is 11.2. The van der Waals surface area contributed by atoms with Gasteiger partial charge < -0.3 is 9.47 Å². The summed E-state index contributed by atoms with van der Waals surface area (Å²) in [6, 6.07) is 28.1. The zero-order valence-corrected chi connectivity index (χ0v) is 16.8. The lowest BCUT2D eigenvalue weighted by molar-refractivity contribution is 0.0724. The molecule has 4 aromatic rings. The summed E-state index contributed by atoms with van der Waals surface area (Å²) >= 11 is 0. The van der Waals surface area contributed by atoms with Crippen molar-refractivity contribution < 1.29 is 27.8 Å². The van der Waals surface area contributed by atoms with Crippen LogP contribution in [0.25, 0.3) is 0 Å². The summed E-state index contributed by atoms with van der Waals surface area (Å²) in [6.07, 6.45) is 0. The molecule has 0 saturated heterocycles.